The van der Waals surface area contributed by atoms with Crippen LogP contribution in [-0.4, -0.2) is 23.9 Å². The van der Waals surface area contributed by atoms with Crippen LogP contribution in [0.15, 0.2) is 11.8 Å². The van der Waals surface area contributed by atoms with Crippen molar-refractivity contribution in [2.75, 3.05) is 0 Å². The number of halogens is 4. The number of allylic oxidation sites excluding steroid dienone is 2. The molecule has 80 valence electrons. The van der Waals surface area contributed by atoms with E-state index in [4.69, 9.17) is 0 Å². The molecular weight excluding hydrogens is 283 g/mol. The van der Waals surface area contributed by atoms with Gasteiger partial charge < -0.3 is 10.0 Å². The monoisotopic (exact) mass is 289 g/mol. The molecular formula is C6H6BF4K2NO2. The predicted octanol–water partition coefficient (Wildman–Crippen LogP) is -6.46. The van der Waals surface area contributed by atoms with Gasteiger partial charge in [0.05, 0.1) is 0 Å². The molecule has 1 heterocycles. The Bertz CT molecular complexity index is 281. The Hall–Kier alpha value is 2.52. The van der Waals surface area contributed by atoms with Gasteiger partial charge in [-0.25, -0.2) is 4.39 Å². The van der Waals surface area contributed by atoms with Crippen molar-refractivity contribution in [3.05, 3.63) is 11.8 Å². The first-order valence-electron chi connectivity index (χ1n) is 3.74. The van der Waals surface area contributed by atoms with Gasteiger partial charge in [-0.05, 0) is 13.3 Å². The van der Waals surface area contributed by atoms with E-state index in [1.807, 2.05) is 0 Å². The molecule has 0 spiro atoms. The third kappa shape index (κ3) is 3.54. The van der Waals surface area contributed by atoms with Crippen LogP contribution in [-0.2, 0) is 0 Å². The fourth-order valence-electron chi connectivity index (χ4n) is 1.12. The summed E-state index contributed by atoms with van der Waals surface area (Å²) in [7, 11) is -3.44. The van der Waals surface area contributed by atoms with Crippen LogP contribution in [0.3, 0.4) is 0 Å². The normalized spacial score (nSPS) is 27.4. The summed E-state index contributed by atoms with van der Waals surface area (Å²) in [6, 6.07) is -4.71. The summed E-state index contributed by atoms with van der Waals surface area (Å²) in [5, 5.41) is 19.3. The van der Waals surface area contributed by atoms with Gasteiger partial charge in [0.15, 0.2) is 0 Å². The van der Waals surface area contributed by atoms with E-state index in [1.54, 1.807) is 0 Å². The van der Waals surface area contributed by atoms with Crippen molar-refractivity contribution in [2.45, 2.75) is 25.0 Å². The first kappa shape index (κ1) is 20.8. The minimum absolute atomic E-state index is 0. The van der Waals surface area contributed by atoms with E-state index in [2.05, 4.69) is 0 Å². The topological polar surface area (TPSA) is 49.4 Å². The molecule has 0 radical (unpaired) electrons. The van der Waals surface area contributed by atoms with E-state index in [-0.39, 0.29) is 103 Å². The van der Waals surface area contributed by atoms with E-state index in [0.717, 1.165) is 13.0 Å². The van der Waals surface area contributed by atoms with Gasteiger partial charge in [0.25, 0.3) is 0 Å². The fourth-order valence-corrected chi connectivity index (χ4v) is 1.12. The minimum Gasteiger partial charge on any atom is -0.891 e. The Morgan fingerprint density at radius 2 is 1.75 bits per heavy atom. The third-order valence-corrected chi connectivity index (χ3v) is 2.12. The average molecular weight is 289 g/mol. The van der Waals surface area contributed by atoms with E-state index >= 15 is 0 Å². The second-order valence-electron chi connectivity index (χ2n) is 3.07. The maximum absolute atomic E-state index is 13.2. The molecule has 0 fully saturated rings. The summed E-state index contributed by atoms with van der Waals surface area (Å²) in [5.74, 6) is 0. The maximum Gasteiger partial charge on any atom is 1.00 e. The molecule has 1 aliphatic heterocycles. The summed E-state index contributed by atoms with van der Waals surface area (Å²) in [5.41, 5.74) is -4.47. The van der Waals surface area contributed by atoms with Crippen molar-refractivity contribution < 1.29 is 130 Å². The molecule has 3 nitrogen and oxygen atoms in total. The average Bonchev–Trinajstić information content (AvgIpc) is 2.09. The third-order valence-electron chi connectivity index (χ3n) is 2.12. The Labute approximate surface area is 176 Å². The first-order valence-corrected chi connectivity index (χ1v) is 3.74. The molecule has 1 unspecified atom stereocenters. The van der Waals surface area contributed by atoms with Crippen molar-refractivity contribution in [3.63, 3.8) is 0 Å². The SMILES string of the molecule is CC1=CCC(F)(B([O-])[O-])C(F)(F)N1F.[K+].[K+]. The first-order chi connectivity index (χ1) is 6.23. The molecule has 0 aromatic heterocycles. The van der Waals surface area contributed by atoms with Crippen molar-refractivity contribution >= 4 is 7.12 Å². The second-order valence-corrected chi connectivity index (χ2v) is 3.07. The number of hydrogen-bond donors (Lipinski definition) is 0. The molecule has 1 rings (SSSR count). The molecule has 0 saturated heterocycles. The van der Waals surface area contributed by atoms with Crippen LogP contribution in [0.25, 0.3) is 0 Å². The number of hydrogen-bond acceptors (Lipinski definition) is 3. The molecule has 16 heavy (non-hydrogen) atoms. The van der Waals surface area contributed by atoms with Gasteiger partial charge in [0.1, 0.15) is 5.57 Å². The largest absolute Gasteiger partial charge is 1.00 e. The molecule has 0 aromatic rings. The predicted molar refractivity (Wildman–Crippen MR) is 35.9 cm³/mol. The van der Waals surface area contributed by atoms with Gasteiger partial charge in [0.2, 0.25) is 0 Å². The van der Waals surface area contributed by atoms with Gasteiger partial charge in [-0.3, -0.25) is 0 Å². The van der Waals surface area contributed by atoms with Gasteiger partial charge >= 0.3 is 109 Å². The molecule has 1 aliphatic rings. The number of rotatable bonds is 1. The zero-order valence-electron chi connectivity index (χ0n) is 9.14. The smallest absolute Gasteiger partial charge is 0.891 e. The quantitative estimate of drug-likeness (QED) is 0.209. The summed E-state index contributed by atoms with van der Waals surface area (Å²) in [4.78, 5) is 0. The van der Waals surface area contributed by atoms with Crippen molar-refractivity contribution in [2.24, 2.45) is 0 Å². The van der Waals surface area contributed by atoms with Crippen LogP contribution in [0.1, 0.15) is 13.3 Å². The summed E-state index contributed by atoms with van der Waals surface area (Å²) in [6.45, 7) is 0.984. The Morgan fingerprint density at radius 1 is 1.31 bits per heavy atom. The summed E-state index contributed by atoms with van der Waals surface area (Å²) < 4.78 is 51.7. The van der Waals surface area contributed by atoms with Crippen LogP contribution in [0.2, 0.25) is 0 Å². The number of alkyl halides is 3. The van der Waals surface area contributed by atoms with Crippen LogP contribution in [0, 0.1) is 0 Å². The molecule has 0 aliphatic carbocycles. The van der Waals surface area contributed by atoms with Crippen LogP contribution >= 0.6 is 0 Å². The fraction of sp³-hybridized carbons (Fsp3) is 0.667. The molecule has 0 saturated carbocycles. The van der Waals surface area contributed by atoms with Gasteiger partial charge in [-0.15, -0.1) is 5.12 Å². The molecule has 0 bridgehead atoms. The molecule has 0 N–H and O–H groups in total. The van der Waals surface area contributed by atoms with E-state index < -0.39 is 36.0 Å². The van der Waals surface area contributed by atoms with Gasteiger partial charge in [-0.2, -0.15) is 8.78 Å². The zero-order valence-corrected chi connectivity index (χ0v) is 15.4. The van der Waals surface area contributed by atoms with Crippen molar-refractivity contribution in [1.82, 2.24) is 5.12 Å². The summed E-state index contributed by atoms with van der Waals surface area (Å²) >= 11 is 0. The number of nitrogens with zero attached hydrogens (tertiary/aromatic N) is 1. The Balaban J connectivity index is 0. The molecule has 0 amide bonds. The molecule has 10 heteroatoms. The maximum atomic E-state index is 13.2. The van der Waals surface area contributed by atoms with Crippen LogP contribution < -0.4 is 113 Å². The van der Waals surface area contributed by atoms with Gasteiger partial charge in [0, 0.05) is 5.70 Å². The zero-order chi connectivity index (χ0) is 11.1. The Kier molecular flexibility index (Phi) is 9.55. The van der Waals surface area contributed by atoms with E-state index in [1.165, 1.54) is 0 Å². The Morgan fingerprint density at radius 3 is 2.12 bits per heavy atom. The van der Waals surface area contributed by atoms with Crippen LogP contribution in [0.4, 0.5) is 17.7 Å². The van der Waals surface area contributed by atoms with Crippen molar-refractivity contribution in [1.29, 1.82) is 0 Å². The molecule has 1 atom stereocenters. The van der Waals surface area contributed by atoms with Gasteiger partial charge in [-0.1, -0.05) is 17.7 Å². The standard InChI is InChI=1S/C6H6BF4NO2.2K/c1-4-2-3-5(8,7(13)14)6(9,10)12(4)11;;/h2H,3H2,1H3;;/q-2;2*+1. The van der Waals surface area contributed by atoms with E-state index in [0.29, 0.717) is 0 Å². The van der Waals surface area contributed by atoms with E-state index in [9.17, 15) is 27.7 Å². The van der Waals surface area contributed by atoms with Crippen LogP contribution in [0.5, 0.6) is 0 Å². The minimum atomic E-state index is -4.71. The second kappa shape index (κ2) is 7.34. The van der Waals surface area contributed by atoms with Crippen molar-refractivity contribution in [3.8, 4) is 0 Å². The summed E-state index contributed by atoms with van der Waals surface area (Å²) in [6.07, 6.45) is -0.329. The molecule has 0 aromatic carbocycles.